The van der Waals surface area contributed by atoms with Crippen LogP contribution in [0.4, 0.5) is 0 Å². The van der Waals surface area contributed by atoms with Crippen LogP contribution in [0.15, 0.2) is 71.4 Å². The topological polar surface area (TPSA) is 0 Å². The third-order valence-corrected chi connectivity index (χ3v) is 10.4. The minimum atomic E-state index is 0.0531. The lowest BCUT2D eigenvalue weighted by Crippen LogP contribution is -2.12. The molecule has 0 unspecified atom stereocenters. The molecule has 0 saturated heterocycles. The third kappa shape index (κ3) is 2.91. The first-order valence-electron chi connectivity index (χ1n) is 13.5. The molecular weight excluding hydrogens is 497 g/mol. The highest BCUT2D eigenvalue weighted by Gasteiger charge is 2.25. The summed E-state index contributed by atoms with van der Waals surface area (Å²) in [4.78, 5) is 0. The Kier molecular flexibility index (Phi) is 4.34. The molecule has 186 valence electrons. The summed E-state index contributed by atoms with van der Waals surface area (Å²) in [6.45, 7) is 14.1. The maximum Gasteiger partial charge on any atom is 0.0349 e. The molecule has 6 aromatic carbocycles. The second-order valence-electron chi connectivity index (χ2n) is 13.0. The summed E-state index contributed by atoms with van der Waals surface area (Å²) in [6, 6.07) is 24.1. The molecule has 38 heavy (non-hydrogen) atoms. The summed E-state index contributed by atoms with van der Waals surface area (Å²) in [5.41, 5.74) is 2.91. The quantitative estimate of drug-likeness (QED) is 0.136. The first-order valence-corrected chi connectivity index (χ1v) is 15.3. The van der Waals surface area contributed by atoms with Crippen molar-refractivity contribution in [2.75, 3.05) is 0 Å². The van der Waals surface area contributed by atoms with Gasteiger partial charge in [-0.1, -0.05) is 53.7 Å². The Morgan fingerprint density at radius 1 is 0.395 bits per heavy atom. The van der Waals surface area contributed by atoms with Gasteiger partial charge in [-0.15, -0.1) is 22.7 Å². The Hall–Kier alpha value is -3.20. The summed E-state index contributed by atoms with van der Waals surface area (Å²) in [7, 11) is 0. The number of fused-ring (bicyclic) bond motifs is 10. The normalized spacial score (nSPS) is 13.5. The molecule has 0 radical (unpaired) electrons. The average molecular weight is 527 g/mol. The van der Waals surface area contributed by atoms with E-state index in [2.05, 4.69) is 113 Å². The van der Waals surface area contributed by atoms with Gasteiger partial charge >= 0.3 is 0 Å². The lowest BCUT2D eigenvalue weighted by molar-refractivity contribution is 0.591. The number of hydrogen-bond donors (Lipinski definition) is 0. The van der Waals surface area contributed by atoms with Gasteiger partial charge in [0.25, 0.3) is 0 Å². The minimum Gasteiger partial charge on any atom is -0.144 e. The molecule has 0 atom stereocenters. The zero-order valence-corrected chi connectivity index (χ0v) is 24.4. The zero-order valence-electron chi connectivity index (χ0n) is 22.7. The van der Waals surface area contributed by atoms with Crippen LogP contribution in [0.5, 0.6) is 0 Å². The van der Waals surface area contributed by atoms with E-state index in [0.717, 1.165) is 0 Å². The van der Waals surface area contributed by atoms with Crippen LogP contribution < -0.4 is 0 Å². The van der Waals surface area contributed by atoms with E-state index in [1.165, 1.54) is 85.2 Å². The van der Waals surface area contributed by atoms with Crippen LogP contribution in [0.3, 0.4) is 0 Å². The fraction of sp³-hybridized carbons (Fsp3) is 0.222. The molecule has 2 heteroatoms. The van der Waals surface area contributed by atoms with Crippen molar-refractivity contribution < 1.29 is 0 Å². The van der Waals surface area contributed by atoms with Gasteiger partial charge in [0.2, 0.25) is 0 Å². The van der Waals surface area contributed by atoms with Crippen molar-refractivity contribution in [3.8, 4) is 0 Å². The van der Waals surface area contributed by atoms with Gasteiger partial charge < -0.3 is 0 Å². The third-order valence-electron chi connectivity index (χ3n) is 8.65. The smallest absolute Gasteiger partial charge is 0.0349 e. The van der Waals surface area contributed by atoms with Gasteiger partial charge in [0, 0.05) is 20.2 Å². The van der Waals surface area contributed by atoms with Crippen molar-refractivity contribution in [2.45, 2.75) is 52.4 Å². The van der Waals surface area contributed by atoms with Gasteiger partial charge in [-0.3, -0.25) is 0 Å². The van der Waals surface area contributed by atoms with Gasteiger partial charge in [-0.25, -0.2) is 0 Å². The van der Waals surface area contributed by atoms with Crippen molar-refractivity contribution >= 4 is 96.7 Å². The van der Waals surface area contributed by atoms with Crippen molar-refractivity contribution in [2.24, 2.45) is 0 Å². The highest BCUT2D eigenvalue weighted by molar-refractivity contribution is 7.17. The molecule has 8 aromatic rings. The summed E-state index contributed by atoms with van der Waals surface area (Å²) in [5.74, 6) is 0. The fourth-order valence-corrected chi connectivity index (χ4v) is 8.21. The highest BCUT2D eigenvalue weighted by Crippen LogP contribution is 2.50. The van der Waals surface area contributed by atoms with Crippen LogP contribution in [0.2, 0.25) is 0 Å². The highest BCUT2D eigenvalue weighted by atomic mass is 32.1. The van der Waals surface area contributed by atoms with E-state index in [0.29, 0.717) is 0 Å². The van der Waals surface area contributed by atoms with Crippen LogP contribution in [-0.4, -0.2) is 0 Å². The Morgan fingerprint density at radius 2 is 0.789 bits per heavy atom. The molecule has 0 saturated carbocycles. The second kappa shape index (κ2) is 7.25. The first kappa shape index (κ1) is 22.8. The molecule has 8 rings (SSSR count). The SMILES string of the molecule is CC(C)(C)c1cc2c3ccc4sccc4c3c3cc(C(C)(C)C)cc4c5ccc6sccc6c5c(c1)c2c43. The first-order chi connectivity index (χ1) is 18.1. The number of hydrogen-bond acceptors (Lipinski definition) is 2. The summed E-state index contributed by atoms with van der Waals surface area (Å²) in [5, 5.41) is 21.3. The largest absolute Gasteiger partial charge is 0.144 e. The monoisotopic (exact) mass is 526 g/mol. The van der Waals surface area contributed by atoms with Gasteiger partial charge in [0.15, 0.2) is 0 Å². The maximum absolute atomic E-state index is 2.51. The molecule has 0 aliphatic carbocycles. The van der Waals surface area contributed by atoms with Gasteiger partial charge in [0.1, 0.15) is 0 Å². The molecule has 0 aliphatic heterocycles. The fourth-order valence-electron chi connectivity index (χ4n) is 6.63. The van der Waals surface area contributed by atoms with Crippen molar-refractivity contribution in [3.63, 3.8) is 0 Å². The predicted octanol–water partition coefficient (Wildman–Crippen LogP) is 11.9. The number of thiophene rings is 2. The standard InChI is InChI=1S/C36H30S2/c1-35(2,3)19-15-25-21-7-9-30-24(12-14-38-30)32(21)28-18-20(36(4,5)6)16-26-22-8-10-29-23(11-13-37-29)31(22)27(17-19)33(25)34(26)28/h7-18H,1-6H3. The number of benzene rings is 6. The van der Waals surface area contributed by atoms with Crippen LogP contribution in [0.25, 0.3) is 74.0 Å². The molecule has 0 amide bonds. The zero-order chi connectivity index (χ0) is 26.1. The van der Waals surface area contributed by atoms with Gasteiger partial charge in [0.05, 0.1) is 0 Å². The van der Waals surface area contributed by atoms with Crippen LogP contribution in [0.1, 0.15) is 52.7 Å². The Balaban J connectivity index is 1.81. The Morgan fingerprint density at radius 3 is 1.18 bits per heavy atom. The van der Waals surface area contributed by atoms with E-state index in [1.807, 2.05) is 22.7 Å². The van der Waals surface area contributed by atoms with Gasteiger partial charge in [-0.05, 0) is 135 Å². The van der Waals surface area contributed by atoms with Gasteiger partial charge in [-0.2, -0.15) is 0 Å². The maximum atomic E-state index is 2.51. The minimum absolute atomic E-state index is 0.0531. The van der Waals surface area contributed by atoms with Crippen LogP contribution in [0, 0.1) is 0 Å². The van der Waals surface area contributed by atoms with E-state index < -0.39 is 0 Å². The molecule has 0 aliphatic rings. The van der Waals surface area contributed by atoms with Crippen molar-refractivity contribution in [1.29, 1.82) is 0 Å². The molecule has 0 fully saturated rings. The van der Waals surface area contributed by atoms with E-state index >= 15 is 0 Å². The summed E-state index contributed by atoms with van der Waals surface area (Å²) < 4.78 is 2.73. The molecule has 0 spiro atoms. The molecule has 2 aromatic heterocycles. The van der Waals surface area contributed by atoms with E-state index in [1.54, 1.807) is 0 Å². The van der Waals surface area contributed by atoms with Crippen LogP contribution in [-0.2, 0) is 10.8 Å². The Labute approximate surface area is 230 Å². The van der Waals surface area contributed by atoms with Crippen molar-refractivity contribution in [1.82, 2.24) is 0 Å². The molecule has 0 bridgehead atoms. The molecule has 2 heterocycles. The van der Waals surface area contributed by atoms with E-state index in [9.17, 15) is 0 Å². The van der Waals surface area contributed by atoms with E-state index in [4.69, 9.17) is 0 Å². The Bertz CT molecular complexity index is 2080. The summed E-state index contributed by atoms with van der Waals surface area (Å²) >= 11 is 3.69. The van der Waals surface area contributed by atoms with Crippen molar-refractivity contribution in [3.05, 3.63) is 82.6 Å². The molecule has 0 nitrogen and oxygen atoms in total. The second-order valence-corrected chi connectivity index (χ2v) is 14.9. The number of rotatable bonds is 0. The average Bonchev–Trinajstić information content (AvgIpc) is 3.55. The lowest BCUT2D eigenvalue weighted by atomic mass is 9.77. The van der Waals surface area contributed by atoms with E-state index in [-0.39, 0.29) is 10.8 Å². The molecule has 0 N–H and O–H groups in total. The predicted molar refractivity (Wildman–Crippen MR) is 173 cm³/mol. The van der Waals surface area contributed by atoms with Crippen LogP contribution >= 0.6 is 22.7 Å². The summed E-state index contributed by atoms with van der Waals surface area (Å²) in [6.07, 6.45) is 0. The molecular formula is C36H30S2. The lowest BCUT2D eigenvalue weighted by Gasteiger charge is -2.26.